The SMILES string of the molecule is COc1ccccc1CNC(=O)[C@]1(C)Cc2ccccc2C(=O)N1Cc1ccc(C)cc1. The minimum Gasteiger partial charge on any atom is -0.496 e. The van der Waals surface area contributed by atoms with Gasteiger partial charge in [-0.25, -0.2) is 0 Å². The van der Waals surface area contributed by atoms with Gasteiger partial charge in [-0.3, -0.25) is 9.59 Å². The molecule has 0 saturated carbocycles. The Morgan fingerprint density at radius 3 is 2.47 bits per heavy atom. The maximum absolute atomic E-state index is 13.6. The van der Waals surface area contributed by atoms with Crippen molar-refractivity contribution in [3.63, 3.8) is 0 Å². The van der Waals surface area contributed by atoms with Gasteiger partial charge >= 0.3 is 0 Å². The molecule has 0 bridgehead atoms. The molecule has 0 unspecified atom stereocenters. The molecule has 4 rings (SSSR count). The predicted octanol–water partition coefficient (Wildman–Crippen LogP) is 4.28. The van der Waals surface area contributed by atoms with Crippen molar-refractivity contribution >= 4 is 11.8 Å². The quantitative estimate of drug-likeness (QED) is 0.638. The largest absolute Gasteiger partial charge is 0.496 e. The van der Waals surface area contributed by atoms with E-state index in [0.29, 0.717) is 25.1 Å². The highest BCUT2D eigenvalue weighted by molar-refractivity contribution is 6.02. The summed E-state index contributed by atoms with van der Waals surface area (Å²) in [6.45, 7) is 4.58. The predicted molar refractivity (Wildman–Crippen MR) is 124 cm³/mol. The summed E-state index contributed by atoms with van der Waals surface area (Å²) >= 11 is 0. The van der Waals surface area contributed by atoms with E-state index < -0.39 is 5.54 Å². The van der Waals surface area contributed by atoms with E-state index in [1.165, 1.54) is 0 Å². The zero-order valence-corrected chi connectivity index (χ0v) is 18.7. The molecule has 0 aliphatic carbocycles. The molecular weight excluding hydrogens is 400 g/mol. The molecule has 3 aromatic rings. The Hall–Kier alpha value is -3.60. The number of hydrogen-bond acceptors (Lipinski definition) is 3. The number of rotatable bonds is 6. The second kappa shape index (κ2) is 8.87. The Kier molecular flexibility index (Phi) is 5.99. The molecule has 3 aromatic carbocycles. The molecule has 0 spiro atoms. The van der Waals surface area contributed by atoms with Crippen LogP contribution in [0.25, 0.3) is 0 Å². The number of nitrogens with one attached hydrogen (secondary N) is 1. The van der Waals surface area contributed by atoms with Gasteiger partial charge in [0.05, 0.1) is 7.11 Å². The highest BCUT2D eigenvalue weighted by atomic mass is 16.5. The van der Waals surface area contributed by atoms with Gasteiger partial charge in [0, 0.05) is 30.6 Å². The fourth-order valence-corrected chi connectivity index (χ4v) is 4.26. The Morgan fingerprint density at radius 1 is 1.03 bits per heavy atom. The van der Waals surface area contributed by atoms with Gasteiger partial charge in [-0.2, -0.15) is 0 Å². The summed E-state index contributed by atoms with van der Waals surface area (Å²) in [4.78, 5) is 28.8. The average molecular weight is 429 g/mol. The van der Waals surface area contributed by atoms with E-state index in [4.69, 9.17) is 4.74 Å². The maximum atomic E-state index is 13.6. The van der Waals surface area contributed by atoms with Gasteiger partial charge in [0.15, 0.2) is 0 Å². The van der Waals surface area contributed by atoms with Crippen LogP contribution in [0.2, 0.25) is 0 Å². The summed E-state index contributed by atoms with van der Waals surface area (Å²) in [6.07, 6.45) is 0.457. The number of benzene rings is 3. The van der Waals surface area contributed by atoms with Gasteiger partial charge in [-0.15, -0.1) is 0 Å². The maximum Gasteiger partial charge on any atom is 0.255 e. The molecule has 1 aliphatic heterocycles. The third-order valence-corrected chi connectivity index (χ3v) is 6.21. The summed E-state index contributed by atoms with van der Waals surface area (Å²) in [5, 5.41) is 3.05. The molecule has 5 nitrogen and oxygen atoms in total. The molecule has 0 aromatic heterocycles. The van der Waals surface area contributed by atoms with Gasteiger partial charge in [0.1, 0.15) is 11.3 Å². The van der Waals surface area contributed by atoms with Crippen molar-refractivity contribution < 1.29 is 14.3 Å². The Bertz CT molecular complexity index is 1140. The molecule has 0 radical (unpaired) electrons. The molecule has 5 heteroatoms. The Labute approximate surface area is 189 Å². The summed E-state index contributed by atoms with van der Waals surface area (Å²) in [6, 6.07) is 23.2. The van der Waals surface area contributed by atoms with E-state index in [9.17, 15) is 9.59 Å². The van der Waals surface area contributed by atoms with Crippen LogP contribution in [0.15, 0.2) is 72.8 Å². The number of hydrogen-bond donors (Lipinski definition) is 1. The molecule has 2 amide bonds. The first-order chi connectivity index (χ1) is 15.4. The lowest BCUT2D eigenvalue weighted by atomic mass is 9.82. The number of amides is 2. The zero-order valence-electron chi connectivity index (χ0n) is 18.7. The number of carbonyl (C=O) groups excluding carboxylic acids is 2. The normalized spacial score (nSPS) is 17.6. The molecule has 1 atom stereocenters. The summed E-state index contributed by atoms with van der Waals surface area (Å²) in [5.41, 5.74) is 3.58. The standard InChI is InChI=1S/C27H28N2O3/c1-19-12-14-20(15-13-19)18-29-25(30)23-10-6-4-8-21(23)16-27(29,2)26(31)28-17-22-9-5-7-11-24(22)32-3/h4-15H,16-18H2,1-3H3,(H,28,31)/t27-/m0/s1. The lowest BCUT2D eigenvalue weighted by Crippen LogP contribution is -2.62. The van der Waals surface area contributed by atoms with Gasteiger partial charge < -0.3 is 15.0 Å². The fourth-order valence-electron chi connectivity index (χ4n) is 4.26. The van der Waals surface area contributed by atoms with Gasteiger partial charge in [-0.1, -0.05) is 66.2 Å². The van der Waals surface area contributed by atoms with Crippen LogP contribution in [0.5, 0.6) is 5.75 Å². The summed E-state index contributed by atoms with van der Waals surface area (Å²) in [5.74, 6) is 0.417. The molecule has 32 heavy (non-hydrogen) atoms. The second-order valence-electron chi connectivity index (χ2n) is 8.48. The van der Waals surface area contributed by atoms with Crippen molar-refractivity contribution in [2.75, 3.05) is 7.11 Å². The number of ether oxygens (including phenoxy) is 1. The molecule has 0 fully saturated rings. The van der Waals surface area contributed by atoms with Crippen molar-refractivity contribution in [3.05, 3.63) is 101 Å². The minimum absolute atomic E-state index is 0.123. The highest BCUT2D eigenvalue weighted by Gasteiger charge is 2.46. The Balaban J connectivity index is 1.64. The van der Waals surface area contributed by atoms with Crippen molar-refractivity contribution in [1.82, 2.24) is 10.2 Å². The number of aryl methyl sites for hydroxylation is 1. The lowest BCUT2D eigenvalue weighted by Gasteiger charge is -2.44. The van der Waals surface area contributed by atoms with Crippen LogP contribution in [0.1, 0.15) is 39.5 Å². The topological polar surface area (TPSA) is 58.6 Å². The van der Waals surface area contributed by atoms with Gasteiger partial charge in [0.25, 0.3) is 5.91 Å². The first kappa shape index (κ1) is 21.6. The highest BCUT2D eigenvalue weighted by Crippen LogP contribution is 2.33. The van der Waals surface area contributed by atoms with E-state index in [0.717, 1.165) is 28.0 Å². The number of methoxy groups -OCH3 is 1. The van der Waals surface area contributed by atoms with Crippen LogP contribution in [0.3, 0.4) is 0 Å². The first-order valence-corrected chi connectivity index (χ1v) is 10.8. The number of carbonyl (C=O) groups is 2. The smallest absolute Gasteiger partial charge is 0.255 e. The van der Waals surface area contributed by atoms with Crippen LogP contribution in [0, 0.1) is 6.92 Å². The lowest BCUT2D eigenvalue weighted by molar-refractivity contribution is -0.132. The molecule has 1 heterocycles. The van der Waals surface area contributed by atoms with E-state index in [1.54, 1.807) is 12.0 Å². The number of para-hydroxylation sites is 1. The first-order valence-electron chi connectivity index (χ1n) is 10.8. The third-order valence-electron chi connectivity index (χ3n) is 6.21. The molecule has 1 aliphatic rings. The third kappa shape index (κ3) is 4.11. The van der Waals surface area contributed by atoms with Crippen LogP contribution in [-0.4, -0.2) is 29.4 Å². The zero-order chi connectivity index (χ0) is 22.7. The van der Waals surface area contributed by atoms with Crippen LogP contribution in [0.4, 0.5) is 0 Å². The molecular formula is C27H28N2O3. The van der Waals surface area contributed by atoms with Crippen molar-refractivity contribution in [2.24, 2.45) is 0 Å². The summed E-state index contributed by atoms with van der Waals surface area (Å²) in [7, 11) is 1.61. The van der Waals surface area contributed by atoms with Gasteiger partial charge in [-0.05, 0) is 37.1 Å². The van der Waals surface area contributed by atoms with Crippen LogP contribution >= 0.6 is 0 Å². The fraction of sp³-hybridized carbons (Fsp3) is 0.259. The number of fused-ring (bicyclic) bond motifs is 1. The average Bonchev–Trinajstić information content (AvgIpc) is 2.81. The van der Waals surface area contributed by atoms with Crippen LogP contribution < -0.4 is 10.1 Å². The monoisotopic (exact) mass is 428 g/mol. The van der Waals surface area contributed by atoms with E-state index in [2.05, 4.69) is 5.32 Å². The van der Waals surface area contributed by atoms with Crippen LogP contribution in [-0.2, 0) is 24.3 Å². The van der Waals surface area contributed by atoms with Crippen molar-refractivity contribution in [3.8, 4) is 5.75 Å². The van der Waals surface area contributed by atoms with E-state index in [-0.39, 0.29) is 11.8 Å². The molecule has 1 N–H and O–H groups in total. The second-order valence-corrected chi connectivity index (χ2v) is 8.48. The molecule has 0 saturated heterocycles. The number of nitrogens with zero attached hydrogens (tertiary/aromatic N) is 1. The van der Waals surface area contributed by atoms with E-state index >= 15 is 0 Å². The summed E-state index contributed by atoms with van der Waals surface area (Å²) < 4.78 is 5.41. The van der Waals surface area contributed by atoms with Crippen molar-refractivity contribution in [1.29, 1.82) is 0 Å². The Morgan fingerprint density at radius 2 is 1.72 bits per heavy atom. The minimum atomic E-state index is -1.02. The molecule has 164 valence electrons. The van der Waals surface area contributed by atoms with Gasteiger partial charge in [0.2, 0.25) is 5.91 Å². The van der Waals surface area contributed by atoms with Crippen molar-refractivity contribution in [2.45, 2.75) is 38.9 Å². The van der Waals surface area contributed by atoms with E-state index in [1.807, 2.05) is 86.6 Å².